The Hall–Kier alpha value is -3.78. The van der Waals surface area contributed by atoms with Crippen LogP contribution in [0.5, 0.6) is 0 Å². The highest BCUT2D eigenvalue weighted by Gasteiger charge is 2.28. The predicted octanol–water partition coefficient (Wildman–Crippen LogP) is 2.96. The molecule has 4 rings (SSSR count). The first-order valence-electron chi connectivity index (χ1n) is 11.8. The van der Waals surface area contributed by atoms with Crippen molar-refractivity contribution in [2.24, 2.45) is 5.73 Å². The van der Waals surface area contributed by atoms with E-state index in [1.165, 1.54) is 6.20 Å². The molecule has 1 atom stereocenters. The van der Waals surface area contributed by atoms with Gasteiger partial charge in [0.25, 0.3) is 5.91 Å². The Kier molecular flexibility index (Phi) is 8.05. The lowest BCUT2D eigenvalue weighted by molar-refractivity contribution is -0.132. The number of methoxy groups -OCH3 is 1. The van der Waals surface area contributed by atoms with Crippen molar-refractivity contribution in [3.63, 3.8) is 0 Å². The third-order valence-electron chi connectivity index (χ3n) is 6.17. The molecule has 35 heavy (non-hydrogen) atoms. The second kappa shape index (κ2) is 11.6. The highest BCUT2D eigenvalue weighted by Crippen LogP contribution is 2.20. The number of amides is 2. The van der Waals surface area contributed by atoms with Gasteiger partial charge in [0.2, 0.25) is 5.91 Å². The number of primary amides is 1. The maximum absolute atomic E-state index is 12.9. The molecular weight excluding hydrogens is 442 g/mol. The number of anilines is 1. The number of hydrogen-bond acceptors (Lipinski definition) is 6. The third-order valence-corrected chi connectivity index (χ3v) is 6.17. The summed E-state index contributed by atoms with van der Waals surface area (Å²) >= 11 is 0. The lowest BCUT2D eigenvalue weighted by atomic mass is 10.0. The molecule has 2 amide bonds. The van der Waals surface area contributed by atoms with E-state index in [1.807, 2.05) is 59.5 Å². The summed E-state index contributed by atoms with van der Waals surface area (Å²) in [5.41, 5.74) is 8.78. The number of benzene rings is 2. The number of aromatic nitrogens is 2. The fourth-order valence-electron chi connectivity index (χ4n) is 4.44. The third kappa shape index (κ3) is 6.42. The lowest BCUT2D eigenvalue weighted by Gasteiger charge is -2.24. The number of carbonyl (C=O) groups excluding carboxylic acids is 2. The zero-order valence-electron chi connectivity index (χ0n) is 19.9. The fourth-order valence-corrected chi connectivity index (χ4v) is 4.44. The molecule has 8 nitrogen and oxygen atoms in total. The minimum Gasteiger partial charge on any atom is -0.383 e. The van der Waals surface area contributed by atoms with E-state index in [-0.39, 0.29) is 17.5 Å². The topological polar surface area (TPSA) is 110 Å². The van der Waals surface area contributed by atoms with E-state index in [1.54, 1.807) is 7.11 Å². The highest BCUT2D eigenvalue weighted by molar-refractivity contribution is 5.97. The van der Waals surface area contributed by atoms with Gasteiger partial charge in [0.1, 0.15) is 11.6 Å². The molecule has 2 heterocycles. The Balaban J connectivity index is 1.45. The van der Waals surface area contributed by atoms with Gasteiger partial charge in [-0.2, -0.15) is 0 Å². The van der Waals surface area contributed by atoms with Crippen LogP contribution in [-0.4, -0.2) is 53.0 Å². The molecule has 0 saturated carbocycles. The van der Waals surface area contributed by atoms with Gasteiger partial charge >= 0.3 is 0 Å². The molecule has 3 N–H and O–H groups in total. The summed E-state index contributed by atoms with van der Waals surface area (Å²) in [6.07, 6.45) is 4.28. The smallest absolute Gasteiger partial charge is 0.254 e. The highest BCUT2D eigenvalue weighted by atomic mass is 16.5. The van der Waals surface area contributed by atoms with Crippen molar-refractivity contribution in [3.05, 3.63) is 88.9 Å². The molecular formula is C27H31N5O3. The summed E-state index contributed by atoms with van der Waals surface area (Å²) in [6.45, 7) is 1.87. The molecule has 1 aromatic heterocycles. The average molecular weight is 474 g/mol. The summed E-state index contributed by atoms with van der Waals surface area (Å²) in [6, 6.07) is 17.9. The second-order valence-electron chi connectivity index (χ2n) is 8.76. The molecule has 0 unspecified atom stereocenters. The molecule has 0 aliphatic carbocycles. The van der Waals surface area contributed by atoms with Crippen LogP contribution in [-0.2, 0) is 28.9 Å². The van der Waals surface area contributed by atoms with E-state index in [0.29, 0.717) is 37.6 Å². The van der Waals surface area contributed by atoms with Crippen LogP contribution >= 0.6 is 0 Å². The molecule has 0 radical (unpaired) electrons. The number of nitrogens with zero attached hydrogens (tertiary/aromatic N) is 3. The van der Waals surface area contributed by atoms with E-state index >= 15 is 0 Å². The Morgan fingerprint density at radius 1 is 1.11 bits per heavy atom. The maximum atomic E-state index is 12.9. The van der Waals surface area contributed by atoms with Gasteiger partial charge in [-0.05, 0) is 29.5 Å². The van der Waals surface area contributed by atoms with Crippen LogP contribution < -0.4 is 11.1 Å². The molecule has 0 spiro atoms. The van der Waals surface area contributed by atoms with E-state index in [4.69, 9.17) is 10.5 Å². The summed E-state index contributed by atoms with van der Waals surface area (Å²) in [7, 11) is 1.67. The van der Waals surface area contributed by atoms with Gasteiger partial charge in [0.05, 0.1) is 24.6 Å². The van der Waals surface area contributed by atoms with Crippen LogP contribution in [0.3, 0.4) is 0 Å². The summed E-state index contributed by atoms with van der Waals surface area (Å²) in [4.78, 5) is 35.6. The summed E-state index contributed by atoms with van der Waals surface area (Å²) < 4.78 is 5.28. The van der Waals surface area contributed by atoms with E-state index in [0.717, 1.165) is 36.1 Å². The van der Waals surface area contributed by atoms with Crippen LogP contribution in [0.4, 0.5) is 5.82 Å². The van der Waals surface area contributed by atoms with Crippen molar-refractivity contribution in [3.8, 4) is 0 Å². The van der Waals surface area contributed by atoms with Crippen molar-refractivity contribution in [2.45, 2.75) is 38.3 Å². The van der Waals surface area contributed by atoms with Crippen molar-refractivity contribution in [1.82, 2.24) is 14.9 Å². The lowest BCUT2D eigenvalue weighted by Crippen LogP contribution is -2.39. The first-order valence-corrected chi connectivity index (χ1v) is 11.8. The number of nitrogens with one attached hydrogen (secondary N) is 1. The molecule has 0 bridgehead atoms. The molecule has 3 aromatic rings. The number of hydrogen-bond donors (Lipinski definition) is 2. The molecule has 182 valence electrons. The largest absolute Gasteiger partial charge is 0.383 e. The van der Waals surface area contributed by atoms with Gasteiger partial charge in [0.15, 0.2) is 0 Å². The van der Waals surface area contributed by atoms with Crippen LogP contribution in [0.2, 0.25) is 0 Å². The van der Waals surface area contributed by atoms with Gasteiger partial charge in [-0.15, -0.1) is 0 Å². The summed E-state index contributed by atoms with van der Waals surface area (Å²) in [5.74, 6) is 0.516. The van der Waals surface area contributed by atoms with Gasteiger partial charge < -0.3 is 20.7 Å². The van der Waals surface area contributed by atoms with Crippen LogP contribution in [0.15, 0.2) is 60.8 Å². The quantitative estimate of drug-likeness (QED) is 0.468. The van der Waals surface area contributed by atoms with E-state index in [2.05, 4.69) is 15.3 Å². The fraction of sp³-hybridized carbons (Fsp3) is 0.333. The van der Waals surface area contributed by atoms with Crippen LogP contribution in [0.1, 0.15) is 45.7 Å². The Labute approximate surface area is 205 Å². The number of nitrogens with two attached hydrogens (primary N) is 1. The molecule has 1 aliphatic heterocycles. The van der Waals surface area contributed by atoms with Gasteiger partial charge in [0, 0.05) is 32.8 Å². The first kappa shape index (κ1) is 24.3. The van der Waals surface area contributed by atoms with Crippen molar-refractivity contribution in [1.29, 1.82) is 0 Å². The van der Waals surface area contributed by atoms with Crippen LogP contribution in [0.25, 0.3) is 0 Å². The molecule has 1 aliphatic rings. The standard InChI is InChI=1S/C27H31N5O3/c1-35-18-22-11-6-12-32(22)25(33)15-21-10-5-9-20(13-21)14-24-29-17-23(26(28)34)27(31-24)30-16-19-7-3-2-4-8-19/h2-5,7-10,13,17,22H,6,11-12,14-16,18H2,1H3,(H2,28,34)(H,29,30,31)/t22-/m0/s1. The molecule has 1 saturated heterocycles. The first-order chi connectivity index (χ1) is 17.0. The average Bonchev–Trinajstić information content (AvgIpc) is 3.32. The number of ether oxygens (including phenoxy) is 1. The zero-order valence-corrected chi connectivity index (χ0v) is 19.9. The normalized spacial score (nSPS) is 15.2. The van der Waals surface area contributed by atoms with Crippen molar-refractivity contribution < 1.29 is 14.3 Å². The number of likely N-dealkylation sites (tertiary alicyclic amines) is 1. The Morgan fingerprint density at radius 2 is 1.89 bits per heavy atom. The minimum absolute atomic E-state index is 0.121. The van der Waals surface area contributed by atoms with Crippen LogP contribution in [0, 0.1) is 0 Å². The number of rotatable bonds is 10. The Morgan fingerprint density at radius 3 is 2.66 bits per heavy atom. The second-order valence-corrected chi connectivity index (χ2v) is 8.76. The van der Waals surface area contributed by atoms with E-state index < -0.39 is 5.91 Å². The molecule has 2 aromatic carbocycles. The zero-order chi connectivity index (χ0) is 24.6. The van der Waals surface area contributed by atoms with E-state index in [9.17, 15) is 9.59 Å². The minimum atomic E-state index is -0.582. The van der Waals surface area contributed by atoms with Gasteiger partial charge in [-0.25, -0.2) is 9.97 Å². The predicted molar refractivity (Wildman–Crippen MR) is 134 cm³/mol. The SMILES string of the molecule is COC[C@@H]1CCCN1C(=O)Cc1cccc(Cc2ncc(C(N)=O)c(NCc3ccccc3)n2)c1. The van der Waals surface area contributed by atoms with Crippen molar-refractivity contribution in [2.75, 3.05) is 25.6 Å². The van der Waals surface area contributed by atoms with Gasteiger partial charge in [-0.1, -0.05) is 54.6 Å². The molecule has 1 fully saturated rings. The van der Waals surface area contributed by atoms with Gasteiger partial charge in [-0.3, -0.25) is 9.59 Å². The monoisotopic (exact) mass is 473 g/mol. The number of carbonyl (C=O) groups is 2. The molecule has 8 heteroatoms. The summed E-state index contributed by atoms with van der Waals surface area (Å²) in [5, 5.41) is 3.21. The maximum Gasteiger partial charge on any atom is 0.254 e. The van der Waals surface area contributed by atoms with Crippen molar-refractivity contribution >= 4 is 17.6 Å². The Bertz CT molecular complexity index is 1170.